The highest BCUT2D eigenvalue weighted by atomic mass is 16.5. The van der Waals surface area contributed by atoms with Crippen LogP contribution in [0.15, 0.2) is 24.3 Å². The zero-order valence-corrected chi connectivity index (χ0v) is 19.8. The van der Waals surface area contributed by atoms with Crippen LogP contribution in [-0.4, -0.2) is 67.6 Å². The molecule has 1 aliphatic heterocycles. The highest BCUT2D eigenvalue weighted by molar-refractivity contribution is 6.11. The molecule has 3 aliphatic rings. The van der Waals surface area contributed by atoms with Gasteiger partial charge in [0.1, 0.15) is 17.3 Å². The molecule has 188 valence electrons. The van der Waals surface area contributed by atoms with Crippen LogP contribution in [0.25, 0.3) is 10.8 Å². The fourth-order valence-electron chi connectivity index (χ4n) is 6.74. The van der Waals surface area contributed by atoms with Crippen LogP contribution < -0.4 is 0 Å². The molecule has 0 radical (unpaired) electrons. The lowest BCUT2D eigenvalue weighted by molar-refractivity contribution is -0.162. The largest absolute Gasteiger partial charge is 0.507 e. The van der Waals surface area contributed by atoms with E-state index < -0.39 is 53.6 Å². The first-order valence-electron chi connectivity index (χ1n) is 12.3. The molecular formula is C27H32O8. The van der Waals surface area contributed by atoms with E-state index in [1.165, 1.54) is 13.0 Å². The van der Waals surface area contributed by atoms with Gasteiger partial charge in [-0.25, -0.2) is 0 Å². The first kappa shape index (κ1) is 24.2. The summed E-state index contributed by atoms with van der Waals surface area (Å²) in [5.74, 6) is -2.81. The lowest BCUT2D eigenvalue weighted by Crippen LogP contribution is -2.61. The molecular weight excluding hydrogens is 452 g/mol. The average molecular weight is 485 g/mol. The summed E-state index contributed by atoms with van der Waals surface area (Å²) in [6.07, 6.45) is -2.60. The summed E-state index contributed by atoms with van der Waals surface area (Å²) in [7, 11) is 0. The maximum Gasteiger partial charge on any atom is 0.173 e. The second kappa shape index (κ2) is 8.55. The standard InChI is InChI=1S/C27H32O8/c1-12(28)17-11-27(10-16-6-7-19(29)13(2)35-16)18(24(32)23(17)31)9-15-8-14-4-3-5-20(30)21(14)25(33)22(15)26(27)34/h3-5,8,13,16-19,23-24,29-33H,6-7,9-11H2,1-2H3/t13-,16?,17-,18-,19-,23+,24-,27+/m0/s1. The maximum atomic E-state index is 14.3. The van der Waals surface area contributed by atoms with Crippen LogP contribution in [-0.2, 0) is 16.0 Å². The minimum Gasteiger partial charge on any atom is -0.507 e. The summed E-state index contributed by atoms with van der Waals surface area (Å²) in [5.41, 5.74) is -0.637. The summed E-state index contributed by atoms with van der Waals surface area (Å²) >= 11 is 0. The minimum absolute atomic E-state index is 0.0263. The first-order valence-corrected chi connectivity index (χ1v) is 12.3. The Bertz CT molecular complexity index is 1190. The van der Waals surface area contributed by atoms with Gasteiger partial charge in [0.05, 0.1) is 41.5 Å². The van der Waals surface area contributed by atoms with Crippen molar-refractivity contribution in [3.8, 4) is 11.5 Å². The molecule has 8 atom stereocenters. The maximum absolute atomic E-state index is 14.3. The molecule has 8 heteroatoms. The number of ether oxygens (including phenoxy) is 1. The average Bonchev–Trinajstić information content (AvgIpc) is 2.80. The summed E-state index contributed by atoms with van der Waals surface area (Å²) < 4.78 is 6.03. The number of aliphatic hydroxyl groups is 3. The number of Topliss-reactive ketones (excluding diaryl/α,β-unsaturated/α-hetero) is 2. The van der Waals surface area contributed by atoms with Gasteiger partial charge in [-0.05, 0) is 63.0 Å². The number of benzene rings is 2. The van der Waals surface area contributed by atoms with Gasteiger partial charge in [-0.2, -0.15) is 0 Å². The monoisotopic (exact) mass is 484 g/mol. The Labute approximate surface area is 203 Å². The number of hydrogen-bond donors (Lipinski definition) is 5. The molecule has 0 bridgehead atoms. The Hall–Kier alpha value is -2.52. The number of carbonyl (C=O) groups is 2. The molecule has 1 saturated heterocycles. The number of carbonyl (C=O) groups excluding carboxylic acids is 2. The molecule has 5 N–H and O–H groups in total. The quantitative estimate of drug-likeness (QED) is 0.446. The Morgan fingerprint density at radius 1 is 1.14 bits per heavy atom. The van der Waals surface area contributed by atoms with E-state index in [2.05, 4.69) is 0 Å². The first-order chi connectivity index (χ1) is 16.5. The number of phenolic OH excluding ortho intramolecular Hbond substituents is 2. The molecule has 1 saturated carbocycles. The highest BCUT2D eigenvalue weighted by Gasteiger charge is 2.60. The molecule has 2 fully saturated rings. The van der Waals surface area contributed by atoms with Gasteiger partial charge < -0.3 is 30.3 Å². The lowest BCUT2D eigenvalue weighted by Gasteiger charge is -2.54. The number of ketones is 2. The van der Waals surface area contributed by atoms with E-state index in [9.17, 15) is 35.1 Å². The molecule has 0 amide bonds. The van der Waals surface area contributed by atoms with Crippen LogP contribution in [0.4, 0.5) is 0 Å². The van der Waals surface area contributed by atoms with E-state index in [4.69, 9.17) is 4.74 Å². The van der Waals surface area contributed by atoms with E-state index >= 15 is 0 Å². The topological polar surface area (TPSA) is 145 Å². The van der Waals surface area contributed by atoms with Crippen molar-refractivity contribution in [2.24, 2.45) is 17.3 Å². The molecule has 2 aromatic carbocycles. The van der Waals surface area contributed by atoms with E-state index in [1.807, 2.05) is 0 Å². The molecule has 1 heterocycles. The molecule has 8 nitrogen and oxygen atoms in total. The van der Waals surface area contributed by atoms with Crippen LogP contribution in [0.5, 0.6) is 11.5 Å². The fourth-order valence-corrected chi connectivity index (χ4v) is 6.74. The number of phenols is 2. The predicted molar refractivity (Wildman–Crippen MR) is 126 cm³/mol. The molecule has 1 unspecified atom stereocenters. The molecule has 35 heavy (non-hydrogen) atoms. The van der Waals surface area contributed by atoms with E-state index in [0.717, 1.165) is 0 Å². The number of aromatic hydroxyl groups is 2. The Kier molecular flexibility index (Phi) is 5.91. The van der Waals surface area contributed by atoms with Crippen molar-refractivity contribution in [1.29, 1.82) is 0 Å². The second-order valence-corrected chi connectivity index (χ2v) is 10.6. The third kappa shape index (κ3) is 3.66. The summed E-state index contributed by atoms with van der Waals surface area (Å²) in [6, 6.07) is 6.54. The molecule has 5 rings (SSSR count). The summed E-state index contributed by atoms with van der Waals surface area (Å²) in [6.45, 7) is 3.11. The number of fused-ring (bicyclic) bond motifs is 3. The molecule has 2 aliphatic carbocycles. The van der Waals surface area contributed by atoms with Gasteiger partial charge in [-0.1, -0.05) is 18.2 Å². The Balaban J connectivity index is 1.67. The van der Waals surface area contributed by atoms with Crippen LogP contribution >= 0.6 is 0 Å². The van der Waals surface area contributed by atoms with E-state index in [0.29, 0.717) is 23.8 Å². The molecule has 2 aromatic rings. The fraction of sp³-hybridized carbons (Fsp3) is 0.556. The third-order valence-corrected chi connectivity index (χ3v) is 8.63. The minimum atomic E-state index is -1.32. The van der Waals surface area contributed by atoms with Gasteiger partial charge in [-0.3, -0.25) is 9.59 Å². The SMILES string of the molecule is CC(=O)[C@@H]1C[C@@]2(CC3CC[C@H](O)[C@H](C)O3)C(=O)c3c(cc4cccc(O)c4c3O)C[C@H]2[C@H](O)[C@@H]1O. The third-order valence-electron chi connectivity index (χ3n) is 8.63. The summed E-state index contributed by atoms with van der Waals surface area (Å²) in [4.78, 5) is 26.8. The lowest BCUT2D eigenvalue weighted by atomic mass is 9.51. The smallest absolute Gasteiger partial charge is 0.173 e. The molecule has 0 spiro atoms. The predicted octanol–water partition coefficient (Wildman–Crippen LogP) is 2.24. The second-order valence-electron chi connectivity index (χ2n) is 10.6. The van der Waals surface area contributed by atoms with Gasteiger partial charge in [0.2, 0.25) is 0 Å². The van der Waals surface area contributed by atoms with Crippen molar-refractivity contribution < 1.29 is 39.9 Å². The van der Waals surface area contributed by atoms with Crippen molar-refractivity contribution >= 4 is 22.3 Å². The van der Waals surface area contributed by atoms with Gasteiger partial charge in [0.25, 0.3) is 0 Å². The van der Waals surface area contributed by atoms with Gasteiger partial charge in [0.15, 0.2) is 5.78 Å². The van der Waals surface area contributed by atoms with E-state index in [-0.39, 0.29) is 47.5 Å². The van der Waals surface area contributed by atoms with Crippen LogP contribution in [0.2, 0.25) is 0 Å². The number of rotatable bonds is 3. The zero-order valence-electron chi connectivity index (χ0n) is 19.8. The van der Waals surface area contributed by atoms with Crippen LogP contribution in [0.3, 0.4) is 0 Å². The Morgan fingerprint density at radius 3 is 2.57 bits per heavy atom. The van der Waals surface area contributed by atoms with Gasteiger partial charge in [0, 0.05) is 17.3 Å². The van der Waals surface area contributed by atoms with Gasteiger partial charge >= 0.3 is 0 Å². The van der Waals surface area contributed by atoms with Crippen molar-refractivity contribution in [1.82, 2.24) is 0 Å². The highest BCUT2D eigenvalue weighted by Crippen LogP contribution is 2.56. The van der Waals surface area contributed by atoms with Gasteiger partial charge in [-0.15, -0.1) is 0 Å². The molecule has 0 aromatic heterocycles. The number of hydrogen-bond acceptors (Lipinski definition) is 8. The summed E-state index contributed by atoms with van der Waals surface area (Å²) in [5, 5.41) is 54.5. The van der Waals surface area contributed by atoms with Crippen molar-refractivity contribution in [3.05, 3.63) is 35.4 Å². The van der Waals surface area contributed by atoms with Crippen molar-refractivity contribution in [3.63, 3.8) is 0 Å². The number of aliphatic hydroxyl groups excluding tert-OH is 3. The zero-order chi connectivity index (χ0) is 25.2. The van der Waals surface area contributed by atoms with Crippen molar-refractivity contribution in [2.75, 3.05) is 0 Å². The van der Waals surface area contributed by atoms with Crippen molar-refractivity contribution in [2.45, 2.75) is 76.5 Å². The van der Waals surface area contributed by atoms with Crippen LogP contribution in [0, 0.1) is 17.3 Å². The Morgan fingerprint density at radius 2 is 1.89 bits per heavy atom. The van der Waals surface area contributed by atoms with E-state index in [1.54, 1.807) is 25.1 Å². The van der Waals surface area contributed by atoms with Crippen LogP contribution in [0.1, 0.15) is 55.5 Å². The normalized spacial score (nSPS) is 37.1.